The molecule has 0 bridgehead atoms. The van der Waals surface area contributed by atoms with Crippen LogP contribution in [0.5, 0.6) is 5.75 Å². The van der Waals surface area contributed by atoms with E-state index in [2.05, 4.69) is 13.8 Å². The Kier molecular flexibility index (Phi) is 5.27. The van der Waals surface area contributed by atoms with Gasteiger partial charge in [0, 0.05) is 5.56 Å². The molecule has 0 radical (unpaired) electrons. The van der Waals surface area contributed by atoms with Crippen LogP contribution in [0.15, 0.2) is 42.5 Å². The highest BCUT2D eigenvalue weighted by Crippen LogP contribution is 2.26. The average molecular weight is 323 g/mol. The molecule has 0 aliphatic rings. The van der Waals surface area contributed by atoms with Crippen molar-refractivity contribution in [3.8, 4) is 5.75 Å². The van der Waals surface area contributed by atoms with Crippen LogP contribution < -0.4 is 4.74 Å². The summed E-state index contributed by atoms with van der Waals surface area (Å²) in [6.45, 7) is 4.15. The molecule has 0 atom stereocenters. The van der Waals surface area contributed by atoms with E-state index in [-0.39, 0.29) is 12.4 Å². The van der Waals surface area contributed by atoms with Gasteiger partial charge in [0.1, 0.15) is 5.75 Å². The number of ketones is 1. The fraction of sp³-hybridized carbons (Fsp3) is 0.235. The van der Waals surface area contributed by atoms with Crippen LogP contribution in [0.1, 0.15) is 35.7 Å². The van der Waals surface area contributed by atoms with Crippen molar-refractivity contribution in [3.05, 3.63) is 63.6 Å². The van der Waals surface area contributed by atoms with Crippen molar-refractivity contribution >= 4 is 29.0 Å². The van der Waals surface area contributed by atoms with E-state index >= 15 is 0 Å². The van der Waals surface area contributed by atoms with E-state index in [0.29, 0.717) is 21.5 Å². The molecule has 0 aromatic heterocycles. The Labute approximate surface area is 134 Å². The quantitative estimate of drug-likeness (QED) is 0.691. The number of benzene rings is 2. The first-order valence-corrected chi connectivity index (χ1v) is 7.44. The van der Waals surface area contributed by atoms with Gasteiger partial charge in [-0.3, -0.25) is 4.79 Å². The first-order valence-electron chi connectivity index (χ1n) is 6.69. The van der Waals surface area contributed by atoms with Gasteiger partial charge in [-0.15, -0.1) is 0 Å². The molecule has 21 heavy (non-hydrogen) atoms. The lowest BCUT2D eigenvalue weighted by Crippen LogP contribution is -2.12. The second-order valence-electron chi connectivity index (χ2n) is 5.03. The van der Waals surface area contributed by atoms with E-state index in [4.69, 9.17) is 27.9 Å². The van der Waals surface area contributed by atoms with E-state index in [1.165, 1.54) is 0 Å². The molecule has 0 unspecified atom stereocenters. The Morgan fingerprint density at radius 3 is 2.48 bits per heavy atom. The Hall–Kier alpha value is -1.51. The summed E-state index contributed by atoms with van der Waals surface area (Å²) in [7, 11) is 0. The minimum atomic E-state index is -0.132. The van der Waals surface area contributed by atoms with E-state index in [1.54, 1.807) is 18.2 Å². The number of hydrogen-bond acceptors (Lipinski definition) is 2. The van der Waals surface area contributed by atoms with E-state index in [9.17, 15) is 4.79 Å². The molecule has 2 aromatic rings. The average Bonchev–Trinajstić information content (AvgIpc) is 2.47. The smallest absolute Gasteiger partial charge is 0.200 e. The maximum atomic E-state index is 12.1. The predicted octanol–water partition coefficient (Wildman–Crippen LogP) is 5.38. The Morgan fingerprint density at radius 1 is 1.10 bits per heavy atom. The lowest BCUT2D eigenvalue weighted by molar-refractivity contribution is 0.0920. The molecule has 2 aromatic carbocycles. The van der Waals surface area contributed by atoms with Gasteiger partial charge in [0.25, 0.3) is 0 Å². The summed E-state index contributed by atoms with van der Waals surface area (Å²) in [4.78, 5) is 12.1. The standard InChI is InChI=1S/C17H16Cl2O2/c1-11(2)13-5-3-4-6-17(13)21-10-16(20)12-7-8-14(18)15(19)9-12/h3-9,11H,10H2,1-2H3. The van der Waals surface area contributed by atoms with Crippen molar-refractivity contribution in [1.29, 1.82) is 0 Å². The van der Waals surface area contributed by atoms with Crippen molar-refractivity contribution in [3.63, 3.8) is 0 Å². The first kappa shape index (κ1) is 15.9. The van der Waals surface area contributed by atoms with Crippen molar-refractivity contribution < 1.29 is 9.53 Å². The van der Waals surface area contributed by atoms with E-state index in [1.807, 2.05) is 24.3 Å². The molecule has 2 nitrogen and oxygen atoms in total. The van der Waals surface area contributed by atoms with Crippen LogP contribution in [0.25, 0.3) is 0 Å². The van der Waals surface area contributed by atoms with Gasteiger partial charge in [-0.05, 0) is 35.7 Å². The molecule has 0 amide bonds. The van der Waals surface area contributed by atoms with Gasteiger partial charge in [-0.25, -0.2) is 0 Å². The number of hydrogen-bond donors (Lipinski definition) is 0. The summed E-state index contributed by atoms with van der Waals surface area (Å²) in [5.41, 5.74) is 1.57. The molecule has 0 aliphatic carbocycles. The highest BCUT2D eigenvalue weighted by atomic mass is 35.5. The third-order valence-corrected chi connectivity index (χ3v) is 3.88. The highest BCUT2D eigenvalue weighted by Gasteiger charge is 2.12. The fourth-order valence-corrected chi connectivity index (χ4v) is 2.28. The van der Waals surface area contributed by atoms with Crippen LogP contribution in [0, 0.1) is 0 Å². The summed E-state index contributed by atoms with van der Waals surface area (Å²) in [5, 5.41) is 0.796. The predicted molar refractivity (Wildman–Crippen MR) is 86.8 cm³/mol. The van der Waals surface area contributed by atoms with Crippen LogP contribution in [0.2, 0.25) is 10.0 Å². The second kappa shape index (κ2) is 6.97. The molecule has 110 valence electrons. The number of rotatable bonds is 5. The van der Waals surface area contributed by atoms with Gasteiger partial charge in [0.15, 0.2) is 12.4 Å². The number of ether oxygens (including phenoxy) is 1. The minimum Gasteiger partial charge on any atom is -0.485 e. The summed E-state index contributed by atoms with van der Waals surface area (Å²) in [5.74, 6) is 0.939. The van der Waals surface area contributed by atoms with Crippen LogP contribution >= 0.6 is 23.2 Å². The Bertz CT molecular complexity index is 651. The molecular weight excluding hydrogens is 307 g/mol. The molecule has 4 heteroatoms. The molecule has 2 rings (SSSR count). The monoisotopic (exact) mass is 322 g/mol. The number of halogens is 2. The maximum Gasteiger partial charge on any atom is 0.200 e. The van der Waals surface area contributed by atoms with E-state index < -0.39 is 0 Å². The number of Topliss-reactive ketones (excluding diaryl/α,β-unsaturated/α-hetero) is 1. The van der Waals surface area contributed by atoms with Gasteiger partial charge in [-0.2, -0.15) is 0 Å². The van der Waals surface area contributed by atoms with Crippen molar-refractivity contribution in [1.82, 2.24) is 0 Å². The lowest BCUT2D eigenvalue weighted by atomic mass is 10.0. The zero-order valence-electron chi connectivity index (χ0n) is 11.9. The molecule has 0 saturated heterocycles. The van der Waals surface area contributed by atoms with Crippen LogP contribution in [0.3, 0.4) is 0 Å². The normalized spacial score (nSPS) is 10.7. The summed E-state index contributed by atoms with van der Waals surface area (Å²) >= 11 is 11.8. The van der Waals surface area contributed by atoms with Crippen LogP contribution in [0.4, 0.5) is 0 Å². The molecule has 0 fully saturated rings. The SMILES string of the molecule is CC(C)c1ccccc1OCC(=O)c1ccc(Cl)c(Cl)c1. The molecule has 0 spiro atoms. The second-order valence-corrected chi connectivity index (χ2v) is 5.85. The zero-order chi connectivity index (χ0) is 15.4. The molecule has 0 saturated carbocycles. The minimum absolute atomic E-state index is 0.0261. The van der Waals surface area contributed by atoms with Crippen molar-refractivity contribution in [2.45, 2.75) is 19.8 Å². The first-order chi connectivity index (χ1) is 9.99. The van der Waals surface area contributed by atoms with Gasteiger partial charge < -0.3 is 4.74 Å². The molecule has 0 heterocycles. The van der Waals surface area contributed by atoms with Crippen LogP contribution in [-0.2, 0) is 0 Å². The van der Waals surface area contributed by atoms with Gasteiger partial charge in [0.2, 0.25) is 0 Å². The topological polar surface area (TPSA) is 26.3 Å². The van der Waals surface area contributed by atoms with Gasteiger partial charge in [-0.1, -0.05) is 55.2 Å². The summed E-state index contributed by atoms with van der Waals surface area (Å²) < 4.78 is 5.66. The Morgan fingerprint density at radius 2 is 1.81 bits per heavy atom. The summed E-state index contributed by atoms with van der Waals surface area (Å²) in [6.07, 6.45) is 0. The molecule has 0 aliphatic heterocycles. The third-order valence-electron chi connectivity index (χ3n) is 3.14. The molecular formula is C17H16Cl2O2. The van der Waals surface area contributed by atoms with Crippen LogP contribution in [-0.4, -0.2) is 12.4 Å². The van der Waals surface area contributed by atoms with Gasteiger partial charge >= 0.3 is 0 Å². The number of para-hydroxylation sites is 1. The highest BCUT2D eigenvalue weighted by molar-refractivity contribution is 6.42. The Balaban J connectivity index is 2.09. The van der Waals surface area contributed by atoms with Gasteiger partial charge in [0.05, 0.1) is 10.0 Å². The lowest BCUT2D eigenvalue weighted by Gasteiger charge is -2.13. The van der Waals surface area contributed by atoms with Crippen molar-refractivity contribution in [2.24, 2.45) is 0 Å². The largest absolute Gasteiger partial charge is 0.485 e. The number of carbonyl (C=O) groups excluding carboxylic acids is 1. The molecule has 0 N–H and O–H groups in total. The summed E-state index contributed by atoms with van der Waals surface area (Å²) in [6, 6.07) is 12.5. The van der Waals surface area contributed by atoms with Crippen molar-refractivity contribution in [2.75, 3.05) is 6.61 Å². The third kappa shape index (κ3) is 3.99. The maximum absolute atomic E-state index is 12.1. The van der Waals surface area contributed by atoms with E-state index in [0.717, 1.165) is 11.3 Å². The fourth-order valence-electron chi connectivity index (χ4n) is 1.99. The zero-order valence-corrected chi connectivity index (χ0v) is 13.4. The number of carbonyl (C=O) groups is 1.